The van der Waals surface area contributed by atoms with Gasteiger partial charge in [-0.25, -0.2) is 5.26 Å². The Labute approximate surface area is 74.1 Å². The van der Waals surface area contributed by atoms with Crippen molar-refractivity contribution in [1.82, 2.24) is 5.32 Å². The summed E-state index contributed by atoms with van der Waals surface area (Å²) in [4.78, 5) is 24.4. The molecule has 0 aliphatic carbocycles. The highest BCUT2D eigenvalue weighted by Crippen LogP contribution is 1.99. The zero-order valence-corrected chi connectivity index (χ0v) is 6.69. The molecular formula is C7H9NO5. The molecule has 0 atom stereocenters. The van der Waals surface area contributed by atoms with E-state index in [1.165, 1.54) is 0 Å². The van der Waals surface area contributed by atoms with Gasteiger partial charge < -0.3 is 15.3 Å². The number of carbonyl (C=O) groups excluding carboxylic acids is 1. The van der Waals surface area contributed by atoms with Crippen molar-refractivity contribution in [3.63, 3.8) is 0 Å². The van der Waals surface area contributed by atoms with Crippen molar-refractivity contribution in [1.29, 1.82) is 0 Å². The molecule has 0 radical (unpaired) electrons. The van der Waals surface area contributed by atoms with E-state index in [1.54, 1.807) is 0 Å². The summed E-state index contributed by atoms with van der Waals surface area (Å²) in [7, 11) is 0. The Morgan fingerprint density at radius 3 is 2.54 bits per heavy atom. The van der Waals surface area contributed by atoms with Gasteiger partial charge in [0.1, 0.15) is 6.42 Å². The van der Waals surface area contributed by atoms with Crippen LogP contribution in [0.1, 0.15) is 6.42 Å². The van der Waals surface area contributed by atoms with Crippen molar-refractivity contribution in [2.75, 3.05) is 0 Å². The van der Waals surface area contributed by atoms with E-state index in [9.17, 15) is 9.59 Å². The van der Waals surface area contributed by atoms with Gasteiger partial charge in [0, 0.05) is 6.20 Å². The first-order valence-corrected chi connectivity index (χ1v) is 3.25. The Balaban J connectivity index is 4.14. The maximum absolute atomic E-state index is 10.6. The third-order valence-corrected chi connectivity index (χ3v) is 1.00. The normalized spacial score (nSPS) is 10.4. The fourth-order valence-electron chi connectivity index (χ4n) is 0.469. The van der Waals surface area contributed by atoms with E-state index in [4.69, 9.17) is 10.4 Å². The Hall–Kier alpha value is -1.82. The number of carboxylic acids is 1. The largest absolute Gasteiger partial charge is 0.481 e. The van der Waals surface area contributed by atoms with Crippen molar-refractivity contribution < 1.29 is 24.8 Å². The minimum atomic E-state index is -1.19. The van der Waals surface area contributed by atoms with Crippen LogP contribution in [0.25, 0.3) is 0 Å². The van der Waals surface area contributed by atoms with Crippen LogP contribution in [0.5, 0.6) is 0 Å². The number of carboxylic acid groups (broad SMARTS) is 1. The zero-order chi connectivity index (χ0) is 10.3. The topological polar surface area (TPSA) is 95.9 Å². The minimum absolute atomic E-state index is 0.275. The van der Waals surface area contributed by atoms with Crippen molar-refractivity contribution >= 4 is 11.9 Å². The molecule has 0 saturated carbocycles. The predicted octanol–water partition coefficient (Wildman–Crippen LogP) is 0.0943. The van der Waals surface area contributed by atoms with E-state index in [-0.39, 0.29) is 5.76 Å². The van der Waals surface area contributed by atoms with Gasteiger partial charge in [0.15, 0.2) is 5.76 Å². The second-order valence-corrected chi connectivity index (χ2v) is 1.99. The van der Waals surface area contributed by atoms with Gasteiger partial charge in [0.25, 0.3) is 0 Å². The van der Waals surface area contributed by atoms with Gasteiger partial charge in [0.2, 0.25) is 5.91 Å². The van der Waals surface area contributed by atoms with Crippen LogP contribution in [0.3, 0.4) is 0 Å². The van der Waals surface area contributed by atoms with Crippen LogP contribution in [-0.2, 0) is 14.5 Å². The van der Waals surface area contributed by atoms with Crippen LogP contribution in [0.2, 0.25) is 0 Å². The van der Waals surface area contributed by atoms with E-state index in [0.29, 0.717) is 0 Å². The van der Waals surface area contributed by atoms with Crippen LogP contribution < -0.4 is 5.32 Å². The molecule has 72 valence electrons. The fraction of sp³-hybridized carbons (Fsp3) is 0.143. The van der Waals surface area contributed by atoms with E-state index in [0.717, 1.165) is 12.3 Å². The average Bonchev–Trinajstić information content (AvgIpc) is 2.10. The lowest BCUT2D eigenvalue weighted by Crippen LogP contribution is -2.15. The molecule has 13 heavy (non-hydrogen) atoms. The molecule has 0 aromatic rings. The van der Waals surface area contributed by atoms with Crippen LogP contribution in [0.15, 0.2) is 24.6 Å². The second-order valence-electron chi connectivity index (χ2n) is 1.99. The Kier molecular flexibility index (Phi) is 4.97. The third-order valence-electron chi connectivity index (χ3n) is 1.00. The van der Waals surface area contributed by atoms with Gasteiger partial charge in [-0.2, -0.15) is 0 Å². The first-order chi connectivity index (χ1) is 6.10. The van der Waals surface area contributed by atoms with Crippen LogP contribution in [-0.4, -0.2) is 22.2 Å². The molecule has 0 aromatic carbocycles. The quantitative estimate of drug-likeness (QED) is 0.245. The van der Waals surface area contributed by atoms with Crippen molar-refractivity contribution in [3.8, 4) is 0 Å². The molecule has 0 fully saturated rings. The average molecular weight is 187 g/mol. The van der Waals surface area contributed by atoms with E-state index in [1.807, 2.05) is 0 Å². The Bertz CT molecular complexity index is 245. The van der Waals surface area contributed by atoms with Crippen molar-refractivity contribution in [3.05, 3.63) is 24.6 Å². The molecule has 6 nitrogen and oxygen atoms in total. The van der Waals surface area contributed by atoms with Crippen LogP contribution >= 0.6 is 0 Å². The van der Waals surface area contributed by atoms with Gasteiger partial charge in [-0.15, -0.1) is 0 Å². The summed E-state index contributed by atoms with van der Waals surface area (Å²) < 4.78 is 0. The highest BCUT2D eigenvalue weighted by Gasteiger charge is 2.05. The monoisotopic (exact) mass is 187 g/mol. The lowest BCUT2D eigenvalue weighted by atomic mass is 10.4. The summed E-state index contributed by atoms with van der Waals surface area (Å²) >= 11 is 0. The second kappa shape index (κ2) is 5.78. The summed E-state index contributed by atoms with van der Waals surface area (Å²) in [5.74, 6) is -1.99. The molecule has 0 bridgehead atoms. The molecular weight excluding hydrogens is 178 g/mol. The standard InChI is InChI=1S/C7H9NO5/c1-2-6(9)8-4-5(13-12)3-7(10)11/h2,4,12H,1,3H2,(H,8,9)(H,10,11)/b5-4-. The summed E-state index contributed by atoms with van der Waals surface area (Å²) in [5.41, 5.74) is 0. The van der Waals surface area contributed by atoms with E-state index in [2.05, 4.69) is 16.8 Å². The highest BCUT2D eigenvalue weighted by molar-refractivity contribution is 5.87. The smallest absolute Gasteiger partial charge is 0.311 e. The van der Waals surface area contributed by atoms with Gasteiger partial charge in [-0.05, 0) is 6.08 Å². The SMILES string of the molecule is C=CC(=O)N/C=C(/CC(=O)O)OO. The number of carbonyl (C=O) groups is 2. The number of aliphatic carboxylic acids is 1. The molecule has 0 spiro atoms. The maximum Gasteiger partial charge on any atom is 0.311 e. The Morgan fingerprint density at radius 1 is 1.54 bits per heavy atom. The molecule has 0 heterocycles. The number of nitrogens with one attached hydrogen (secondary N) is 1. The first kappa shape index (κ1) is 11.2. The van der Waals surface area contributed by atoms with Crippen LogP contribution in [0.4, 0.5) is 0 Å². The third kappa shape index (κ3) is 5.45. The number of rotatable bonds is 5. The molecule has 3 N–H and O–H groups in total. The molecule has 0 saturated heterocycles. The van der Waals surface area contributed by atoms with Gasteiger partial charge in [-0.1, -0.05) is 6.58 Å². The van der Waals surface area contributed by atoms with Crippen molar-refractivity contribution in [2.45, 2.75) is 6.42 Å². The highest BCUT2D eigenvalue weighted by atomic mass is 17.1. The van der Waals surface area contributed by atoms with Crippen LogP contribution in [0, 0.1) is 0 Å². The summed E-state index contributed by atoms with van der Waals surface area (Å²) in [6.45, 7) is 3.16. The summed E-state index contributed by atoms with van der Waals surface area (Å²) in [5, 5.41) is 18.5. The number of hydrogen-bond acceptors (Lipinski definition) is 4. The molecule has 0 aliphatic heterocycles. The predicted molar refractivity (Wildman–Crippen MR) is 42.4 cm³/mol. The lowest BCUT2D eigenvalue weighted by molar-refractivity contribution is -0.207. The number of amides is 1. The molecule has 1 amide bonds. The number of hydrogen-bond donors (Lipinski definition) is 3. The minimum Gasteiger partial charge on any atom is -0.481 e. The molecule has 6 heteroatoms. The summed E-state index contributed by atoms with van der Waals surface area (Å²) in [6, 6.07) is 0. The fourth-order valence-corrected chi connectivity index (χ4v) is 0.469. The maximum atomic E-state index is 10.6. The van der Waals surface area contributed by atoms with E-state index >= 15 is 0 Å². The lowest BCUT2D eigenvalue weighted by Gasteiger charge is -1.99. The van der Waals surface area contributed by atoms with E-state index < -0.39 is 18.3 Å². The van der Waals surface area contributed by atoms with Crippen molar-refractivity contribution in [2.24, 2.45) is 0 Å². The molecule has 0 aromatic heterocycles. The Morgan fingerprint density at radius 2 is 2.15 bits per heavy atom. The van der Waals surface area contributed by atoms with Gasteiger partial charge in [-0.3, -0.25) is 9.59 Å². The molecule has 0 aliphatic rings. The zero-order valence-electron chi connectivity index (χ0n) is 6.69. The molecule has 0 unspecified atom stereocenters. The van der Waals surface area contributed by atoms with Gasteiger partial charge in [0.05, 0.1) is 0 Å². The molecule has 0 rings (SSSR count). The summed E-state index contributed by atoms with van der Waals surface area (Å²) in [6.07, 6.45) is 1.41. The first-order valence-electron chi connectivity index (χ1n) is 3.25. The van der Waals surface area contributed by atoms with Gasteiger partial charge >= 0.3 is 5.97 Å².